The van der Waals surface area contributed by atoms with E-state index in [-0.39, 0.29) is 0 Å². The zero-order valence-electron chi connectivity index (χ0n) is 12.8. The highest BCUT2D eigenvalue weighted by molar-refractivity contribution is 7.72. The molecule has 0 aliphatic carbocycles. The molecular formula is C14H25NSi3. The number of rotatable bonds is 3. The van der Waals surface area contributed by atoms with Gasteiger partial charge in [-0.05, 0) is 12.1 Å². The Kier molecular flexibility index (Phi) is 4.11. The molecule has 0 unspecified atom stereocenters. The topological polar surface area (TPSA) is 23.8 Å². The van der Waals surface area contributed by atoms with Crippen LogP contribution in [0.25, 0.3) is 0 Å². The number of nitriles is 1. The third-order valence-electron chi connectivity index (χ3n) is 4.59. The lowest BCUT2D eigenvalue weighted by atomic mass is 10.2. The molecular weight excluding hydrogens is 266 g/mol. The molecule has 1 aromatic carbocycles. The van der Waals surface area contributed by atoms with Crippen LogP contribution in [0.2, 0.25) is 45.8 Å². The van der Waals surface area contributed by atoms with Crippen molar-refractivity contribution >= 4 is 27.5 Å². The summed E-state index contributed by atoms with van der Waals surface area (Å²) in [4.78, 5) is 0. The first-order chi connectivity index (χ1) is 8.04. The molecule has 0 amide bonds. The van der Waals surface area contributed by atoms with Crippen LogP contribution in [0.4, 0.5) is 0 Å². The zero-order chi connectivity index (χ0) is 14.2. The molecule has 0 atom stereocenters. The van der Waals surface area contributed by atoms with Gasteiger partial charge in [0.15, 0.2) is 0 Å². The SMILES string of the molecule is C[Si](C)(C)[Si](C)(c1ccc(C#N)cc1)[Si](C)(C)C. The molecule has 1 aromatic rings. The molecule has 0 heterocycles. The van der Waals surface area contributed by atoms with Gasteiger partial charge in [0.05, 0.1) is 18.7 Å². The van der Waals surface area contributed by atoms with Gasteiger partial charge in [0.2, 0.25) is 0 Å². The minimum Gasteiger partial charge on any atom is -0.192 e. The fourth-order valence-electron chi connectivity index (χ4n) is 2.87. The second-order valence-electron chi connectivity index (χ2n) is 7.31. The monoisotopic (exact) mass is 291 g/mol. The van der Waals surface area contributed by atoms with Crippen molar-refractivity contribution in [2.45, 2.75) is 45.8 Å². The van der Waals surface area contributed by atoms with Crippen molar-refractivity contribution in [3.63, 3.8) is 0 Å². The zero-order valence-corrected chi connectivity index (χ0v) is 15.8. The van der Waals surface area contributed by atoms with E-state index >= 15 is 0 Å². The summed E-state index contributed by atoms with van der Waals surface area (Å²) in [5.41, 5.74) is 0.779. The van der Waals surface area contributed by atoms with Gasteiger partial charge in [0, 0.05) is 15.2 Å². The quantitative estimate of drug-likeness (QED) is 0.779. The largest absolute Gasteiger partial charge is 0.192 e. The van der Waals surface area contributed by atoms with Crippen LogP contribution >= 0.6 is 0 Å². The number of hydrogen-bond acceptors (Lipinski definition) is 1. The highest BCUT2D eigenvalue weighted by Crippen LogP contribution is 2.28. The van der Waals surface area contributed by atoms with Crippen molar-refractivity contribution in [1.82, 2.24) is 0 Å². The molecule has 0 fully saturated rings. The average Bonchev–Trinajstić information content (AvgIpc) is 2.25. The summed E-state index contributed by atoms with van der Waals surface area (Å²) < 4.78 is 0. The van der Waals surface area contributed by atoms with Crippen LogP contribution in [0.3, 0.4) is 0 Å². The molecule has 4 heteroatoms. The molecule has 0 saturated carbocycles. The standard InChI is InChI=1S/C14H25NSi3/c1-16(2,3)18(7,17(4,5)6)14-10-8-13(12-15)9-11-14/h8-11H,1-7H3. The molecule has 18 heavy (non-hydrogen) atoms. The van der Waals surface area contributed by atoms with Crippen LogP contribution in [-0.4, -0.2) is 22.3 Å². The first-order valence-electron chi connectivity index (χ1n) is 6.54. The Balaban J connectivity index is 3.42. The van der Waals surface area contributed by atoms with Crippen LogP contribution in [-0.2, 0) is 0 Å². The van der Waals surface area contributed by atoms with Crippen molar-refractivity contribution in [2.75, 3.05) is 0 Å². The predicted molar refractivity (Wildman–Crippen MR) is 89.1 cm³/mol. The van der Waals surface area contributed by atoms with Crippen molar-refractivity contribution in [3.8, 4) is 6.07 Å². The highest BCUT2D eigenvalue weighted by Gasteiger charge is 2.51. The Morgan fingerprint density at radius 3 is 1.44 bits per heavy atom. The molecule has 1 nitrogen and oxygen atoms in total. The molecule has 98 valence electrons. The summed E-state index contributed by atoms with van der Waals surface area (Å²) in [6.07, 6.45) is 0. The van der Waals surface area contributed by atoms with Crippen LogP contribution in [0, 0.1) is 11.3 Å². The van der Waals surface area contributed by atoms with Crippen LogP contribution in [0.5, 0.6) is 0 Å². The molecule has 0 radical (unpaired) electrons. The minimum atomic E-state index is -1.40. The Morgan fingerprint density at radius 2 is 1.17 bits per heavy atom. The molecule has 1 rings (SSSR count). The van der Waals surface area contributed by atoms with Gasteiger partial charge in [-0.3, -0.25) is 0 Å². The second-order valence-corrected chi connectivity index (χ2v) is 35.6. The normalized spacial score (nSPS) is 13.2. The van der Waals surface area contributed by atoms with E-state index < -0.39 is 22.3 Å². The van der Waals surface area contributed by atoms with Gasteiger partial charge in [-0.25, -0.2) is 0 Å². The van der Waals surface area contributed by atoms with Crippen molar-refractivity contribution < 1.29 is 0 Å². The van der Waals surface area contributed by atoms with E-state index in [4.69, 9.17) is 5.26 Å². The average molecular weight is 292 g/mol. The minimum absolute atomic E-state index is 0.779. The third-order valence-corrected chi connectivity index (χ3v) is 45.3. The second kappa shape index (κ2) is 4.80. The Bertz CT molecular complexity index is 444. The first kappa shape index (κ1) is 15.4. The fraction of sp³-hybridized carbons (Fsp3) is 0.500. The molecule has 0 saturated heterocycles. The summed E-state index contributed by atoms with van der Waals surface area (Å²) in [6.45, 7) is 17.7. The summed E-state index contributed by atoms with van der Waals surface area (Å²) in [5, 5.41) is 10.5. The smallest absolute Gasteiger partial charge is 0.0991 e. The first-order valence-corrected chi connectivity index (χ1v) is 18.0. The lowest BCUT2D eigenvalue weighted by Gasteiger charge is -2.48. The summed E-state index contributed by atoms with van der Waals surface area (Å²) in [5.74, 6) is 0. The number of nitrogens with zero attached hydrogens (tertiary/aromatic N) is 1. The third kappa shape index (κ3) is 2.53. The lowest BCUT2D eigenvalue weighted by Crippen LogP contribution is -2.76. The van der Waals surface area contributed by atoms with Gasteiger partial charge >= 0.3 is 0 Å². The van der Waals surface area contributed by atoms with Gasteiger partial charge in [-0.2, -0.15) is 5.26 Å². The van der Waals surface area contributed by atoms with Gasteiger partial charge in [-0.15, -0.1) is 0 Å². The van der Waals surface area contributed by atoms with E-state index in [0.29, 0.717) is 0 Å². The van der Waals surface area contributed by atoms with E-state index in [1.54, 1.807) is 5.19 Å². The summed E-state index contributed by atoms with van der Waals surface area (Å²) in [6, 6.07) is 10.7. The molecule has 0 bridgehead atoms. The summed E-state index contributed by atoms with van der Waals surface area (Å²) >= 11 is 0. The van der Waals surface area contributed by atoms with Crippen LogP contribution in [0.15, 0.2) is 24.3 Å². The van der Waals surface area contributed by atoms with Crippen molar-refractivity contribution in [3.05, 3.63) is 29.8 Å². The number of benzene rings is 1. The highest BCUT2D eigenvalue weighted by atomic mass is 29.6. The summed E-state index contributed by atoms with van der Waals surface area (Å²) in [7, 11) is -3.79. The van der Waals surface area contributed by atoms with Gasteiger partial charge in [-0.1, -0.05) is 63.1 Å². The van der Waals surface area contributed by atoms with E-state index in [1.165, 1.54) is 0 Å². The Morgan fingerprint density at radius 1 is 0.778 bits per heavy atom. The molecule has 0 aliphatic heterocycles. The maximum absolute atomic E-state index is 8.93. The maximum atomic E-state index is 8.93. The van der Waals surface area contributed by atoms with E-state index in [0.717, 1.165) is 5.56 Å². The molecule has 0 aliphatic rings. The van der Waals surface area contributed by atoms with E-state index in [2.05, 4.69) is 64.0 Å². The van der Waals surface area contributed by atoms with Crippen LogP contribution < -0.4 is 5.19 Å². The van der Waals surface area contributed by atoms with Gasteiger partial charge < -0.3 is 0 Å². The van der Waals surface area contributed by atoms with Crippen molar-refractivity contribution in [2.24, 2.45) is 0 Å². The van der Waals surface area contributed by atoms with E-state index in [9.17, 15) is 0 Å². The number of hydrogen-bond donors (Lipinski definition) is 0. The van der Waals surface area contributed by atoms with Gasteiger partial charge in [0.1, 0.15) is 0 Å². The Hall–Kier alpha value is -0.639. The van der Waals surface area contributed by atoms with Gasteiger partial charge in [0.25, 0.3) is 0 Å². The fourth-order valence-corrected chi connectivity index (χ4v) is 40.9. The van der Waals surface area contributed by atoms with Crippen molar-refractivity contribution in [1.29, 1.82) is 5.26 Å². The predicted octanol–water partition coefficient (Wildman–Crippen LogP) is 3.68. The molecule has 0 spiro atoms. The van der Waals surface area contributed by atoms with E-state index in [1.807, 2.05) is 12.1 Å². The molecule has 0 aromatic heterocycles. The van der Waals surface area contributed by atoms with Crippen LogP contribution in [0.1, 0.15) is 5.56 Å². The Labute approximate surface area is 114 Å². The molecule has 0 N–H and O–H groups in total. The lowest BCUT2D eigenvalue weighted by molar-refractivity contribution is 1.49. The maximum Gasteiger partial charge on any atom is 0.0991 e.